The number of carbonyl (C=O) groups is 2. The minimum Gasteiger partial charge on any atom is -0.346 e. The van der Waals surface area contributed by atoms with Crippen LogP contribution in [0.25, 0.3) is 0 Å². The van der Waals surface area contributed by atoms with Crippen LogP contribution >= 0.6 is 11.3 Å². The Morgan fingerprint density at radius 1 is 1.42 bits per heavy atom. The van der Waals surface area contributed by atoms with Gasteiger partial charge < -0.3 is 14.8 Å². The molecule has 7 heteroatoms. The molecule has 0 saturated carbocycles. The molecule has 3 rings (SSSR count). The van der Waals surface area contributed by atoms with E-state index in [0.717, 1.165) is 10.7 Å². The topological polar surface area (TPSA) is 67.2 Å². The lowest BCUT2D eigenvalue weighted by Crippen LogP contribution is -2.42. The van der Waals surface area contributed by atoms with Gasteiger partial charge >= 0.3 is 0 Å². The number of fused-ring (bicyclic) bond motifs is 1. The minimum atomic E-state index is -0.181. The second-order valence-electron chi connectivity index (χ2n) is 6.30. The highest BCUT2D eigenvalue weighted by Crippen LogP contribution is 2.26. The lowest BCUT2D eigenvalue weighted by Gasteiger charge is -2.34. The summed E-state index contributed by atoms with van der Waals surface area (Å²) in [7, 11) is 0. The molecule has 2 amide bonds. The molecule has 2 aromatic heterocycles. The van der Waals surface area contributed by atoms with Crippen LogP contribution < -0.4 is 5.32 Å². The van der Waals surface area contributed by atoms with E-state index in [1.54, 1.807) is 17.5 Å². The Labute approximate surface area is 145 Å². The molecule has 0 bridgehead atoms. The molecule has 3 heterocycles. The van der Waals surface area contributed by atoms with E-state index in [4.69, 9.17) is 0 Å². The second kappa shape index (κ2) is 6.76. The summed E-state index contributed by atoms with van der Waals surface area (Å²) in [4.78, 5) is 32.1. The van der Waals surface area contributed by atoms with Crippen LogP contribution in [0.5, 0.6) is 0 Å². The van der Waals surface area contributed by atoms with Crippen LogP contribution in [0.2, 0.25) is 0 Å². The Bertz CT molecular complexity index is 736. The van der Waals surface area contributed by atoms with Crippen molar-refractivity contribution in [2.45, 2.75) is 39.9 Å². The van der Waals surface area contributed by atoms with E-state index in [0.29, 0.717) is 25.3 Å². The van der Waals surface area contributed by atoms with Crippen LogP contribution in [-0.2, 0) is 17.9 Å². The highest BCUT2D eigenvalue weighted by molar-refractivity contribution is 7.09. The van der Waals surface area contributed by atoms with Crippen LogP contribution in [0.3, 0.4) is 0 Å². The van der Waals surface area contributed by atoms with Crippen molar-refractivity contribution in [1.82, 2.24) is 19.8 Å². The van der Waals surface area contributed by atoms with Gasteiger partial charge in [-0.3, -0.25) is 9.59 Å². The van der Waals surface area contributed by atoms with Crippen molar-refractivity contribution in [2.75, 3.05) is 6.54 Å². The summed E-state index contributed by atoms with van der Waals surface area (Å²) in [6.45, 7) is 7.60. The summed E-state index contributed by atoms with van der Waals surface area (Å²) in [6.07, 6.45) is 1.78. The summed E-state index contributed by atoms with van der Waals surface area (Å²) in [6, 6.07) is 3.83. The van der Waals surface area contributed by atoms with Gasteiger partial charge in [-0.25, -0.2) is 4.98 Å². The van der Waals surface area contributed by atoms with Crippen molar-refractivity contribution < 1.29 is 9.59 Å². The molecule has 0 aliphatic carbocycles. The van der Waals surface area contributed by atoms with Crippen molar-refractivity contribution >= 4 is 23.2 Å². The summed E-state index contributed by atoms with van der Waals surface area (Å²) in [5, 5.41) is 4.88. The fraction of sp³-hybridized carbons (Fsp3) is 0.471. The zero-order chi connectivity index (χ0) is 17.3. The van der Waals surface area contributed by atoms with E-state index in [-0.39, 0.29) is 23.8 Å². The number of nitrogens with one attached hydrogen (secondary N) is 1. The van der Waals surface area contributed by atoms with Crippen molar-refractivity contribution in [3.63, 3.8) is 0 Å². The third-order valence-corrected chi connectivity index (χ3v) is 5.12. The predicted octanol–water partition coefficient (Wildman–Crippen LogP) is 2.43. The van der Waals surface area contributed by atoms with Crippen LogP contribution in [0, 0.1) is 5.92 Å². The first-order chi connectivity index (χ1) is 11.5. The average Bonchev–Trinajstić information content (AvgIpc) is 3.22. The highest BCUT2D eigenvalue weighted by atomic mass is 32.1. The number of aromatic nitrogens is 2. The van der Waals surface area contributed by atoms with Gasteiger partial charge in [-0.05, 0) is 18.4 Å². The molecule has 1 aliphatic heterocycles. The Balaban J connectivity index is 1.72. The normalized spacial score (nSPS) is 17.0. The van der Waals surface area contributed by atoms with Gasteiger partial charge in [0.05, 0.1) is 12.6 Å². The summed E-state index contributed by atoms with van der Waals surface area (Å²) >= 11 is 1.61. The smallest absolute Gasteiger partial charge is 0.271 e. The number of hydrogen-bond donors (Lipinski definition) is 1. The van der Waals surface area contributed by atoms with Crippen molar-refractivity contribution in [1.29, 1.82) is 0 Å². The fourth-order valence-corrected chi connectivity index (χ4v) is 3.55. The van der Waals surface area contributed by atoms with Crippen LogP contribution in [0.1, 0.15) is 48.0 Å². The second-order valence-corrected chi connectivity index (χ2v) is 7.33. The van der Waals surface area contributed by atoms with E-state index in [1.165, 1.54) is 0 Å². The molecule has 0 saturated heterocycles. The molecule has 2 aromatic rings. The van der Waals surface area contributed by atoms with E-state index >= 15 is 0 Å². The maximum absolute atomic E-state index is 12.3. The molecule has 1 N–H and O–H groups in total. The first-order valence-corrected chi connectivity index (χ1v) is 9.03. The van der Waals surface area contributed by atoms with Gasteiger partial charge in [0.1, 0.15) is 11.5 Å². The third-order valence-electron chi connectivity index (χ3n) is 4.24. The summed E-state index contributed by atoms with van der Waals surface area (Å²) in [5.74, 6) is 0.679. The zero-order valence-corrected chi connectivity index (χ0v) is 15.0. The van der Waals surface area contributed by atoms with Gasteiger partial charge in [0, 0.05) is 30.1 Å². The van der Waals surface area contributed by atoms with Gasteiger partial charge in [-0.15, -0.1) is 11.3 Å². The van der Waals surface area contributed by atoms with Gasteiger partial charge in [-0.2, -0.15) is 0 Å². The number of imidazole rings is 1. The molecule has 0 unspecified atom stereocenters. The number of thiophene rings is 1. The quantitative estimate of drug-likeness (QED) is 0.924. The molecule has 6 nitrogen and oxygen atoms in total. The predicted molar refractivity (Wildman–Crippen MR) is 92.7 cm³/mol. The molecule has 0 spiro atoms. The highest BCUT2D eigenvalue weighted by Gasteiger charge is 2.31. The van der Waals surface area contributed by atoms with Crippen LogP contribution in [0.15, 0.2) is 23.7 Å². The van der Waals surface area contributed by atoms with E-state index in [2.05, 4.69) is 10.3 Å². The van der Waals surface area contributed by atoms with Crippen LogP contribution in [-0.4, -0.2) is 32.8 Å². The standard InChI is InChI=1S/C17H22N4O2S/c1-11(2)17(23)21-7-6-20-10-14(19-15(20)12(21)3)16(22)18-9-13-5-4-8-24-13/h4-5,8,10-12H,6-7,9H2,1-3H3,(H,18,22)/t12-/m1/s1. The van der Waals surface area contributed by atoms with Crippen molar-refractivity contribution in [2.24, 2.45) is 5.92 Å². The Morgan fingerprint density at radius 2 is 2.21 bits per heavy atom. The fourth-order valence-electron chi connectivity index (χ4n) is 2.90. The lowest BCUT2D eigenvalue weighted by atomic mass is 10.1. The number of rotatable bonds is 4. The first-order valence-electron chi connectivity index (χ1n) is 8.15. The molecular formula is C17H22N4O2S. The Hall–Kier alpha value is -2.15. The lowest BCUT2D eigenvalue weighted by molar-refractivity contribution is -0.137. The molecule has 24 heavy (non-hydrogen) atoms. The molecule has 1 aliphatic rings. The minimum absolute atomic E-state index is 0.0393. The van der Waals surface area contributed by atoms with E-state index < -0.39 is 0 Å². The SMILES string of the molecule is CC(C)C(=O)N1CCn2cc(C(=O)NCc3cccs3)nc2[C@H]1C. The largest absolute Gasteiger partial charge is 0.346 e. The number of hydrogen-bond acceptors (Lipinski definition) is 4. The maximum Gasteiger partial charge on any atom is 0.271 e. The molecule has 0 aromatic carbocycles. The molecule has 0 fully saturated rings. The monoisotopic (exact) mass is 346 g/mol. The van der Waals surface area contributed by atoms with Crippen molar-refractivity contribution in [3.05, 3.63) is 40.1 Å². The Kier molecular flexibility index (Phi) is 4.71. The third kappa shape index (κ3) is 3.21. The van der Waals surface area contributed by atoms with Gasteiger partial charge in [-0.1, -0.05) is 19.9 Å². The zero-order valence-electron chi connectivity index (χ0n) is 14.2. The van der Waals surface area contributed by atoms with Gasteiger partial charge in [0.2, 0.25) is 5.91 Å². The number of amides is 2. The molecule has 1 atom stereocenters. The van der Waals surface area contributed by atoms with Crippen molar-refractivity contribution in [3.8, 4) is 0 Å². The maximum atomic E-state index is 12.3. The van der Waals surface area contributed by atoms with E-state index in [1.807, 2.05) is 47.8 Å². The Morgan fingerprint density at radius 3 is 2.88 bits per heavy atom. The summed E-state index contributed by atoms with van der Waals surface area (Å²) < 4.78 is 1.98. The summed E-state index contributed by atoms with van der Waals surface area (Å²) in [5.41, 5.74) is 0.409. The molecular weight excluding hydrogens is 324 g/mol. The van der Waals surface area contributed by atoms with Crippen LogP contribution in [0.4, 0.5) is 0 Å². The van der Waals surface area contributed by atoms with E-state index in [9.17, 15) is 9.59 Å². The number of carbonyl (C=O) groups excluding carboxylic acids is 2. The van der Waals surface area contributed by atoms with Gasteiger partial charge in [0.15, 0.2) is 0 Å². The number of nitrogens with zero attached hydrogens (tertiary/aromatic N) is 3. The van der Waals surface area contributed by atoms with Gasteiger partial charge in [0.25, 0.3) is 5.91 Å². The molecule has 128 valence electrons. The molecule has 0 radical (unpaired) electrons. The average molecular weight is 346 g/mol. The first kappa shape index (κ1) is 16.7.